The Labute approximate surface area is 90.4 Å². The number of fused-ring (bicyclic) bond motifs is 4. The first kappa shape index (κ1) is 9.22. The largest absolute Gasteiger partial charge is 0.497 e. The normalized spacial score (nSPS) is 32.5. The number of hydrogen-bond donors (Lipinski definition) is 1. The van der Waals surface area contributed by atoms with Crippen molar-refractivity contribution >= 4 is 0 Å². The first-order valence-electron chi connectivity index (χ1n) is 5.66. The van der Waals surface area contributed by atoms with E-state index in [4.69, 9.17) is 10.5 Å². The fourth-order valence-electron chi connectivity index (χ4n) is 3.20. The molecule has 2 N–H and O–H groups in total. The van der Waals surface area contributed by atoms with Gasteiger partial charge in [0.2, 0.25) is 0 Å². The van der Waals surface area contributed by atoms with Crippen molar-refractivity contribution in [2.45, 2.75) is 37.1 Å². The molecule has 2 heteroatoms. The monoisotopic (exact) mass is 203 g/mol. The second kappa shape index (κ2) is 2.99. The molecule has 0 unspecified atom stereocenters. The van der Waals surface area contributed by atoms with Gasteiger partial charge in [0.05, 0.1) is 7.11 Å². The number of ether oxygens (including phenoxy) is 1. The summed E-state index contributed by atoms with van der Waals surface area (Å²) < 4.78 is 5.28. The quantitative estimate of drug-likeness (QED) is 0.759. The van der Waals surface area contributed by atoms with Crippen LogP contribution in [0.2, 0.25) is 0 Å². The van der Waals surface area contributed by atoms with Gasteiger partial charge in [-0.05, 0) is 54.9 Å². The summed E-state index contributed by atoms with van der Waals surface area (Å²) in [7, 11) is 1.73. The number of hydrogen-bond acceptors (Lipinski definition) is 2. The van der Waals surface area contributed by atoms with Gasteiger partial charge >= 0.3 is 0 Å². The number of methoxy groups -OCH3 is 1. The molecule has 2 aliphatic carbocycles. The first-order valence-corrected chi connectivity index (χ1v) is 5.66. The minimum atomic E-state index is 0.0895. The minimum Gasteiger partial charge on any atom is -0.497 e. The maximum absolute atomic E-state index is 6.35. The van der Waals surface area contributed by atoms with Gasteiger partial charge in [0.15, 0.2) is 0 Å². The lowest BCUT2D eigenvalue weighted by atomic mass is 9.79. The van der Waals surface area contributed by atoms with Gasteiger partial charge in [-0.3, -0.25) is 0 Å². The highest BCUT2D eigenvalue weighted by molar-refractivity contribution is 5.42. The Morgan fingerprint density at radius 3 is 3.13 bits per heavy atom. The van der Waals surface area contributed by atoms with Crippen LogP contribution in [0.1, 0.15) is 36.3 Å². The molecule has 2 bridgehead atoms. The van der Waals surface area contributed by atoms with E-state index >= 15 is 0 Å². The molecule has 3 rings (SSSR count). The second-order valence-electron chi connectivity index (χ2n) is 5.04. The van der Waals surface area contributed by atoms with Crippen LogP contribution in [-0.2, 0) is 6.42 Å². The Bertz CT molecular complexity index is 402. The average Bonchev–Trinajstić information content (AvgIpc) is 2.56. The molecular weight excluding hydrogens is 186 g/mol. The Hall–Kier alpha value is -1.02. The molecule has 1 aromatic rings. The van der Waals surface area contributed by atoms with E-state index in [2.05, 4.69) is 12.1 Å². The summed E-state index contributed by atoms with van der Waals surface area (Å²) in [5.41, 5.74) is 9.36. The van der Waals surface area contributed by atoms with E-state index in [0.29, 0.717) is 5.92 Å². The van der Waals surface area contributed by atoms with E-state index in [9.17, 15) is 0 Å². The summed E-state index contributed by atoms with van der Waals surface area (Å²) in [4.78, 5) is 0. The molecule has 1 saturated carbocycles. The molecule has 1 aromatic carbocycles. The molecule has 2 aliphatic rings. The second-order valence-corrected chi connectivity index (χ2v) is 5.04. The standard InChI is InChI=1S/C13H17NO/c1-15-11-3-2-9-7-13(14)5-4-10(8-13)12(9)6-11/h2-3,6,10H,4-5,7-8,14H2,1H3/t10-,13+/m0/s1. The predicted octanol–water partition coefficient (Wildman–Crippen LogP) is 2.22. The molecule has 15 heavy (non-hydrogen) atoms. The summed E-state index contributed by atoms with van der Waals surface area (Å²) in [6.07, 6.45) is 4.63. The van der Waals surface area contributed by atoms with Crippen LogP contribution < -0.4 is 10.5 Å². The van der Waals surface area contributed by atoms with E-state index in [1.807, 2.05) is 6.07 Å². The van der Waals surface area contributed by atoms with Gasteiger partial charge < -0.3 is 10.5 Å². The summed E-state index contributed by atoms with van der Waals surface area (Å²) >= 11 is 0. The lowest BCUT2D eigenvalue weighted by Crippen LogP contribution is -2.41. The molecular formula is C13H17NO. The highest BCUT2D eigenvalue weighted by atomic mass is 16.5. The van der Waals surface area contributed by atoms with Crippen molar-refractivity contribution in [1.29, 1.82) is 0 Å². The van der Waals surface area contributed by atoms with Crippen LogP contribution in [-0.4, -0.2) is 12.6 Å². The van der Waals surface area contributed by atoms with Gasteiger partial charge in [-0.2, -0.15) is 0 Å². The first-order chi connectivity index (χ1) is 7.20. The zero-order chi connectivity index (χ0) is 10.5. The van der Waals surface area contributed by atoms with E-state index in [-0.39, 0.29) is 5.54 Å². The Balaban J connectivity index is 2.07. The highest BCUT2D eigenvalue weighted by Gasteiger charge is 2.41. The van der Waals surface area contributed by atoms with Gasteiger partial charge in [0.25, 0.3) is 0 Å². The average molecular weight is 203 g/mol. The van der Waals surface area contributed by atoms with Gasteiger partial charge in [0, 0.05) is 5.54 Å². The smallest absolute Gasteiger partial charge is 0.119 e. The summed E-state index contributed by atoms with van der Waals surface area (Å²) in [6.45, 7) is 0. The van der Waals surface area contributed by atoms with Crippen LogP contribution >= 0.6 is 0 Å². The number of benzene rings is 1. The van der Waals surface area contributed by atoms with E-state index in [0.717, 1.165) is 18.6 Å². The molecule has 2 nitrogen and oxygen atoms in total. The van der Waals surface area contributed by atoms with Crippen LogP contribution in [0.25, 0.3) is 0 Å². The molecule has 80 valence electrons. The lowest BCUT2D eigenvalue weighted by molar-refractivity contribution is 0.402. The molecule has 2 atom stereocenters. The van der Waals surface area contributed by atoms with Crippen LogP contribution in [0.4, 0.5) is 0 Å². The fourth-order valence-corrected chi connectivity index (χ4v) is 3.20. The zero-order valence-corrected chi connectivity index (χ0v) is 9.12. The maximum Gasteiger partial charge on any atom is 0.119 e. The molecule has 0 aliphatic heterocycles. The van der Waals surface area contributed by atoms with E-state index in [1.165, 1.54) is 24.0 Å². The Morgan fingerprint density at radius 1 is 1.47 bits per heavy atom. The molecule has 0 amide bonds. The van der Waals surface area contributed by atoms with Crippen LogP contribution in [0.15, 0.2) is 18.2 Å². The predicted molar refractivity (Wildman–Crippen MR) is 60.2 cm³/mol. The van der Waals surface area contributed by atoms with Gasteiger partial charge in [-0.25, -0.2) is 0 Å². The third-order valence-electron chi connectivity index (χ3n) is 3.98. The Morgan fingerprint density at radius 2 is 2.33 bits per heavy atom. The van der Waals surface area contributed by atoms with Crippen molar-refractivity contribution in [2.24, 2.45) is 5.73 Å². The van der Waals surface area contributed by atoms with Crippen molar-refractivity contribution in [1.82, 2.24) is 0 Å². The SMILES string of the molecule is COc1ccc2c(c1)[C@H]1CC[C@@](N)(C2)C1. The zero-order valence-electron chi connectivity index (χ0n) is 9.12. The van der Waals surface area contributed by atoms with Crippen LogP contribution in [0.3, 0.4) is 0 Å². The van der Waals surface area contributed by atoms with Crippen molar-refractivity contribution in [3.8, 4) is 5.75 Å². The van der Waals surface area contributed by atoms with Crippen molar-refractivity contribution in [3.05, 3.63) is 29.3 Å². The number of rotatable bonds is 1. The van der Waals surface area contributed by atoms with Gasteiger partial charge in [-0.1, -0.05) is 6.07 Å². The Kier molecular flexibility index (Phi) is 1.84. The summed E-state index contributed by atoms with van der Waals surface area (Å²) in [6, 6.07) is 6.44. The van der Waals surface area contributed by atoms with E-state index in [1.54, 1.807) is 7.11 Å². The lowest BCUT2D eigenvalue weighted by Gasteiger charge is -2.31. The molecule has 0 radical (unpaired) electrons. The maximum atomic E-state index is 6.35. The fraction of sp³-hybridized carbons (Fsp3) is 0.538. The van der Waals surface area contributed by atoms with Crippen molar-refractivity contribution in [3.63, 3.8) is 0 Å². The third kappa shape index (κ3) is 1.36. The van der Waals surface area contributed by atoms with Gasteiger partial charge in [-0.15, -0.1) is 0 Å². The molecule has 0 aromatic heterocycles. The van der Waals surface area contributed by atoms with Crippen molar-refractivity contribution < 1.29 is 4.74 Å². The number of nitrogens with two attached hydrogens (primary N) is 1. The molecule has 0 saturated heterocycles. The third-order valence-corrected chi connectivity index (χ3v) is 3.98. The minimum absolute atomic E-state index is 0.0895. The van der Waals surface area contributed by atoms with Crippen LogP contribution in [0, 0.1) is 0 Å². The summed E-state index contributed by atoms with van der Waals surface area (Å²) in [5, 5.41) is 0. The van der Waals surface area contributed by atoms with Crippen molar-refractivity contribution in [2.75, 3.05) is 7.11 Å². The highest BCUT2D eigenvalue weighted by Crippen LogP contribution is 2.47. The van der Waals surface area contributed by atoms with Gasteiger partial charge in [0.1, 0.15) is 5.75 Å². The molecule has 1 fully saturated rings. The van der Waals surface area contributed by atoms with Crippen LogP contribution in [0.5, 0.6) is 5.75 Å². The molecule has 0 spiro atoms. The molecule has 0 heterocycles. The summed E-state index contributed by atoms with van der Waals surface area (Å²) in [5.74, 6) is 1.65. The topological polar surface area (TPSA) is 35.2 Å². The van der Waals surface area contributed by atoms with E-state index < -0.39 is 0 Å².